The van der Waals surface area contributed by atoms with Crippen molar-refractivity contribution in [2.45, 2.75) is 19.3 Å². The first kappa shape index (κ1) is 22.1. The van der Waals surface area contributed by atoms with E-state index in [1.54, 1.807) is 0 Å². The van der Waals surface area contributed by atoms with E-state index in [1.807, 2.05) is 54.7 Å². The molecule has 0 spiro atoms. The number of fused-ring (bicyclic) bond motifs is 3. The molecule has 2 nitrogen and oxygen atoms in total. The zero-order valence-corrected chi connectivity index (χ0v) is 20.6. The van der Waals surface area contributed by atoms with E-state index in [0.717, 1.165) is 33.6 Å². The molecule has 0 heterocycles. The van der Waals surface area contributed by atoms with Gasteiger partial charge in [0, 0.05) is 28.4 Å². The Morgan fingerprint density at radius 1 is 0.583 bits per heavy atom. The number of hydrogen-bond acceptors (Lipinski definition) is 2. The molecule has 0 fully saturated rings. The van der Waals surface area contributed by atoms with Gasteiger partial charge in [-0.05, 0) is 69.3 Å². The van der Waals surface area contributed by atoms with Gasteiger partial charge < -0.3 is 5.73 Å². The largest absolute Gasteiger partial charge is 0.398 e. The van der Waals surface area contributed by atoms with E-state index >= 15 is 0 Å². The Balaban J connectivity index is 1.52. The molecule has 1 aliphatic rings. The van der Waals surface area contributed by atoms with Gasteiger partial charge in [0.15, 0.2) is 0 Å². The second-order valence-electron chi connectivity index (χ2n) is 9.92. The van der Waals surface area contributed by atoms with Crippen molar-refractivity contribution in [2.75, 3.05) is 5.73 Å². The average molecular weight is 465 g/mol. The molecule has 174 valence electrons. The summed E-state index contributed by atoms with van der Waals surface area (Å²) >= 11 is 0. The number of anilines is 1. The fourth-order valence-electron chi connectivity index (χ4n) is 5.36. The molecule has 0 atom stereocenters. The summed E-state index contributed by atoms with van der Waals surface area (Å²) in [6.07, 6.45) is 1.88. The molecule has 0 aliphatic heterocycles. The predicted molar refractivity (Wildman–Crippen MR) is 153 cm³/mol. The van der Waals surface area contributed by atoms with Crippen LogP contribution in [0, 0.1) is 0 Å². The quantitative estimate of drug-likeness (QED) is 0.210. The van der Waals surface area contributed by atoms with E-state index in [4.69, 9.17) is 10.7 Å². The standard InChI is InChI=1S/C34H28N2/c1-34(2)31-16-10-9-15-28(31)30-20-24(17-18-32(30)34)25-19-26(22-36-27-13-7-4-8-14-27)33(35)29(21-25)23-11-5-3-6-12-23/h3-22H,35H2,1-2H3. The third-order valence-corrected chi connectivity index (χ3v) is 7.32. The maximum Gasteiger partial charge on any atom is 0.0629 e. The molecule has 0 unspecified atom stereocenters. The molecule has 2 N–H and O–H groups in total. The van der Waals surface area contributed by atoms with E-state index in [9.17, 15) is 0 Å². The van der Waals surface area contributed by atoms with Gasteiger partial charge in [0.1, 0.15) is 0 Å². The van der Waals surface area contributed by atoms with Crippen LogP contribution in [0.4, 0.5) is 11.4 Å². The Kier molecular flexibility index (Phi) is 5.30. The highest BCUT2D eigenvalue weighted by Crippen LogP contribution is 2.49. The summed E-state index contributed by atoms with van der Waals surface area (Å²) in [5.74, 6) is 0. The van der Waals surface area contributed by atoms with Gasteiger partial charge in [-0.1, -0.05) is 98.8 Å². The van der Waals surface area contributed by atoms with Gasteiger partial charge in [0.2, 0.25) is 0 Å². The zero-order chi connectivity index (χ0) is 24.7. The maximum absolute atomic E-state index is 6.72. The van der Waals surface area contributed by atoms with E-state index in [-0.39, 0.29) is 5.41 Å². The lowest BCUT2D eigenvalue weighted by atomic mass is 9.82. The molecule has 1 aliphatic carbocycles. The predicted octanol–water partition coefficient (Wildman–Crippen LogP) is 8.66. The topological polar surface area (TPSA) is 38.4 Å². The smallest absolute Gasteiger partial charge is 0.0629 e. The highest BCUT2D eigenvalue weighted by molar-refractivity contribution is 5.98. The Morgan fingerprint density at radius 2 is 1.22 bits per heavy atom. The van der Waals surface area contributed by atoms with E-state index in [2.05, 4.69) is 80.6 Å². The van der Waals surface area contributed by atoms with Crippen molar-refractivity contribution in [2.24, 2.45) is 4.99 Å². The van der Waals surface area contributed by atoms with E-state index in [1.165, 1.54) is 27.8 Å². The van der Waals surface area contributed by atoms with Crippen LogP contribution in [0.25, 0.3) is 33.4 Å². The average Bonchev–Trinajstić information content (AvgIpc) is 3.15. The Hall–Kier alpha value is -4.43. The zero-order valence-electron chi connectivity index (χ0n) is 20.6. The Bertz CT molecular complexity index is 1600. The molecule has 0 amide bonds. The monoisotopic (exact) mass is 464 g/mol. The normalized spacial score (nSPS) is 13.5. The summed E-state index contributed by atoms with van der Waals surface area (Å²) in [6.45, 7) is 4.62. The highest BCUT2D eigenvalue weighted by Gasteiger charge is 2.35. The van der Waals surface area contributed by atoms with Crippen LogP contribution >= 0.6 is 0 Å². The summed E-state index contributed by atoms with van der Waals surface area (Å²) in [6, 6.07) is 40.3. The molecule has 0 bridgehead atoms. The highest BCUT2D eigenvalue weighted by atomic mass is 14.7. The van der Waals surface area contributed by atoms with Gasteiger partial charge in [-0.3, -0.25) is 4.99 Å². The minimum Gasteiger partial charge on any atom is -0.398 e. The SMILES string of the molecule is CC1(C)c2ccccc2-c2cc(-c3cc(C=Nc4ccccc4)c(N)c(-c4ccccc4)c3)ccc21. The summed E-state index contributed by atoms with van der Waals surface area (Å²) in [4.78, 5) is 4.71. The number of benzene rings is 5. The van der Waals surface area contributed by atoms with Crippen LogP contribution in [-0.2, 0) is 5.41 Å². The van der Waals surface area contributed by atoms with Crippen molar-refractivity contribution in [3.05, 3.63) is 132 Å². The van der Waals surface area contributed by atoms with Crippen molar-refractivity contribution in [1.82, 2.24) is 0 Å². The van der Waals surface area contributed by atoms with Crippen molar-refractivity contribution < 1.29 is 0 Å². The molecule has 2 heteroatoms. The fourth-order valence-corrected chi connectivity index (χ4v) is 5.36. The molecule has 0 saturated carbocycles. The summed E-state index contributed by atoms with van der Waals surface area (Å²) in [5, 5.41) is 0. The summed E-state index contributed by atoms with van der Waals surface area (Å²) in [7, 11) is 0. The van der Waals surface area contributed by atoms with Crippen LogP contribution < -0.4 is 5.73 Å². The Morgan fingerprint density at radius 3 is 2.00 bits per heavy atom. The van der Waals surface area contributed by atoms with Gasteiger partial charge in [0.05, 0.1) is 5.69 Å². The van der Waals surface area contributed by atoms with Gasteiger partial charge in [-0.2, -0.15) is 0 Å². The van der Waals surface area contributed by atoms with Gasteiger partial charge in [-0.15, -0.1) is 0 Å². The molecule has 0 saturated heterocycles. The molecule has 36 heavy (non-hydrogen) atoms. The molecule has 5 aromatic rings. The second-order valence-corrected chi connectivity index (χ2v) is 9.92. The van der Waals surface area contributed by atoms with Gasteiger partial charge in [-0.25, -0.2) is 0 Å². The van der Waals surface area contributed by atoms with E-state index < -0.39 is 0 Å². The molecule has 6 rings (SSSR count). The summed E-state index contributed by atoms with van der Waals surface area (Å²) in [5.41, 5.74) is 19.1. The molecular formula is C34H28N2. The van der Waals surface area contributed by atoms with Crippen molar-refractivity contribution in [3.8, 4) is 33.4 Å². The number of nitrogen functional groups attached to an aromatic ring is 1. The lowest BCUT2D eigenvalue weighted by molar-refractivity contribution is 0.660. The van der Waals surface area contributed by atoms with Crippen molar-refractivity contribution in [3.63, 3.8) is 0 Å². The number of aliphatic imine (C=N–C) groups is 1. The number of rotatable bonds is 4. The van der Waals surface area contributed by atoms with Crippen molar-refractivity contribution in [1.29, 1.82) is 0 Å². The number of hydrogen-bond donors (Lipinski definition) is 1. The van der Waals surface area contributed by atoms with Crippen LogP contribution in [0.5, 0.6) is 0 Å². The van der Waals surface area contributed by atoms with Gasteiger partial charge in [0.25, 0.3) is 0 Å². The number of nitrogens with zero attached hydrogens (tertiary/aromatic N) is 1. The first-order chi connectivity index (χ1) is 17.5. The van der Waals surface area contributed by atoms with Crippen LogP contribution in [0.1, 0.15) is 30.5 Å². The van der Waals surface area contributed by atoms with Crippen LogP contribution in [0.15, 0.2) is 120 Å². The van der Waals surface area contributed by atoms with Crippen molar-refractivity contribution >= 4 is 17.6 Å². The minimum atomic E-state index is -0.00568. The maximum atomic E-state index is 6.72. The molecule has 0 aromatic heterocycles. The summed E-state index contributed by atoms with van der Waals surface area (Å²) < 4.78 is 0. The minimum absolute atomic E-state index is 0.00568. The van der Waals surface area contributed by atoms with Crippen LogP contribution in [-0.4, -0.2) is 6.21 Å². The lowest BCUT2D eigenvalue weighted by Gasteiger charge is -2.21. The third kappa shape index (κ3) is 3.72. The number of para-hydroxylation sites is 1. The van der Waals surface area contributed by atoms with E-state index in [0.29, 0.717) is 0 Å². The first-order valence-corrected chi connectivity index (χ1v) is 12.4. The fraction of sp³-hybridized carbons (Fsp3) is 0.0882. The molecular weight excluding hydrogens is 436 g/mol. The Labute approximate surface area is 212 Å². The van der Waals surface area contributed by atoms with Crippen LogP contribution in [0.3, 0.4) is 0 Å². The van der Waals surface area contributed by atoms with Crippen LogP contribution in [0.2, 0.25) is 0 Å². The first-order valence-electron chi connectivity index (χ1n) is 12.4. The molecule has 0 radical (unpaired) electrons. The second kappa shape index (κ2) is 8.66. The number of nitrogens with two attached hydrogens (primary N) is 1. The molecule has 5 aromatic carbocycles. The van der Waals surface area contributed by atoms with Gasteiger partial charge >= 0.3 is 0 Å². The lowest BCUT2D eigenvalue weighted by Crippen LogP contribution is -2.14. The third-order valence-electron chi connectivity index (χ3n) is 7.32.